The first-order chi connectivity index (χ1) is 16.4. The van der Waals surface area contributed by atoms with Crippen LogP contribution in [-0.2, 0) is 24.4 Å². The van der Waals surface area contributed by atoms with Crippen LogP contribution in [0.4, 0.5) is 0 Å². The number of ketones is 1. The number of fused-ring (bicyclic) bond motifs is 1. The molecule has 0 fully saturated rings. The van der Waals surface area contributed by atoms with Gasteiger partial charge in [0.15, 0.2) is 18.2 Å². The number of phenols is 1. The zero-order valence-electron chi connectivity index (χ0n) is 20.8. The van der Waals surface area contributed by atoms with Gasteiger partial charge >= 0.3 is 0 Å². The van der Waals surface area contributed by atoms with Crippen molar-refractivity contribution >= 4 is 16.7 Å². The van der Waals surface area contributed by atoms with Crippen LogP contribution in [0.25, 0.3) is 10.9 Å². The molecule has 1 aromatic carbocycles. The van der Waals surface area contributed by atoms with Gasteiger partial charge in [-0.15, -0.1) is 0 Å². The van der Waals surface area contributed by atoms with Gasteiger partial charge in [0.1, 0.15) is 5.78 Å². The first-order valence-electron chi connectivity index (χ1n) is 12.7. The number of hydrogen-bond donors (Lipinski definition) is 3. The second-order valence-electron chi connectivity index (χ2n) is 9.75. The number of rotatable bonds is 15. The highest BCUT2D eigenvalue weighted by molar-refractivity contribution is 5.82. The Morgan fingerprint density at radius 1 is 1.15 bits per heavy atom. The summed E-state index contributed by atoms with van der Waals surface area (Å²) in [6, 6.07) is 7.34. The zero-order valence-corrected chi connectivity index (χ0v) is 20.8. The van der Waals surface area contributed by atoms with Gasteiger partial charge in [-0.1, -0.05) is 46.1 Å². The first-order valence-corrected chi connectivity index (χ1v) is 12.7. The SMILES string of the molecule is CCCCC[C@@H](O)CC(=O)CCc1ccc(O)c(OCn2cc3[nH]ccc3c2CCC(C)C)c1. The molecule has 1 atom stereocenters. The van der Waals surface area contributed by atoms with E-state index in [4.69, 9.17) is 4.74 Å². The third-order valence-corrected chi connectivity index (χ3v) is 6.36. The number of aliphatic hydroxyl groups is 1. The summed E-state index contributed by atoms with van der Waals surface area (Å²) >= 11 is 0. The number of aromatic nitrogens is 2. The summed E-state index contributed by atoms with van der Waals surface area (Å²) in [6.45, 7) is 6.87. The predicted octanol–water partition coefficient (Wildman–Crippen LogP) is 6.13. The molecule has 186 valence electrons. The molecular formula is C28H40N2O4. The van der Waals surface area contributed by atoms with Crippen molar-refractivity contribution in [1.82, 2.24) is 9.55 Å². The van der Waals surface area contributed by atoms with Gasteiger partial charge < -0.3 is 24.5 Å². The number of aromatic hydroxyl groups is 1. The van der Waals surface area contributed by atoms with E-state index in [0.29, 0.717) is 37.7 Å². The van der Waals surface area contributed by atoms with Crippen molar-refractivity contribution in [1.29, 1.82) is 0 Å². The van der Waals surface area contributed by atoms with E-state index in [2.05, 4.69) is 42.6 Å². The molecule has 3 N–H and O–H groups in total. The number of H-pyrrole nitrogens is 1. The van der Waals surface area contributed by atoms with Gasteiger partial charge in [-0.25, -0.2) is 0 Å². The van der Waals surface area contributed by atoms with Crippen molar-refractivity contribution in [3.8, 4) is 11.5 Å². The van der Waals surface area contributed by atoms with Gasteiger partial charge in [-0.05, 0) is 55.4 Å². The Balaban J connectivity index is 1.58. The number of hydrogen-bond acceptors (Lipinski definition) is 4. The van der Waals surface area contributed by atoms with Gasteiger partial charge in [-0.2, -0.15) is 0 Å². The molecule has 3 aromatic rings. The Hall–Kier alpha value is -2.73. The lowest BCUT2D eigenvalue weighted by atomic mass is 10.0. The van der Waals surface area contributed by atoms with Crippen molar-refractivity contribution in [3.63, 3.8) is 0 Å². The normalized spacial score (nSPS) is 12.5. The predicted molar refractivity (Wildman–Crippen MR) is 136 cm³/mol. The van der Waals surface area contributed by atoms with Crippen LogP contribution >= 0.6 is 0 Å². The topological polar surface area (TPSA) is 87.5 Å². The minimum absolute atomic E-state index is 0.0664. The number of aromatic amines is 1. The molecule has 0 amide bonds. The van der Waals surface area contributed by atoms with Crippen LogP contribution in [0.5, 0.6) is 11.5 Å². The summed E-state index contributed by atoms with van der Waals surface area (Å²) < 4.78 is 8.11. The van der Waals surface area contributed by atoms with E-state index in [1.165, 1.54) is 11.1 Å². The molecule has 34 heavy (non-hydrogen) atoms. The monoisotopic (exact) mass is 468 g/mol. The van der Waals surface area contributed by atoms with Gasteiger partial charge in [-0.3, -0.25) is 4.79 Å². The molecule has 0 bridgehead atoms. The second-order valence-corrected chi connectivity index (χ2v) is 9.75. The van der Waals surface area contributed by atoms with Gasteiger partial charge in [0.05, 0.1) is 11.6 Å². The third-order valence-electron chi connectivity index (χ3n) is 6.36. The number of carbonyl (C=O) groups is 1. The summed E-state index contributed by atoms with van der Waals surface area (Å²) in [5.74, 6) is 1.18. The number of benzene rings is 1. The molecule has 0 aliphatic heterocycles. The van der Waals surface area contributed by atoms with Crippen molar-refractivity contribution in [2.75, 3.05) is 0 Å². The summed E-state index contributed by atoms with van der Waals surface area (Å²) in [5.41, 5.74) is 3.24. The van der Waals surface area contributed by atoms with Crippen molar-refractivity contribution in [3.05, 3.63) is 47.9 Å². The van der Waals surface area contributed by atoms with E-state index < -0.39 is 6.10 Å². The van der Waals surface area contributed by atoms with E-state index in [1.807, 2.05) is 18.3 Å². The molecule has 0 saturated heterocycles. The molecular weight excluding hydrogens is 428 g/mol. The Labute approximate surface area is 203 Å². The van der Waals surface area contributed by atoms with Crippen LogP contribution in [-0.4, -0.2) is 31.7 Å². The lowest BCUT2D eigenvalue weighted by Crippen LogP contribution is -2.14. The largest absolute Gasteiger partial charge is 0.504 e. The number of ether oxygens (including phenoxy) is 1. The highest BCUT2D eigenvalue weighted by Gasteiger charge is 2.14. The molecule has 0 aliphatic rings. The maximum absolute atomic E-state index is 12.3. The fourth-order valence-corrected chi connectivity index (χ4v) is 4.30. The fourth-order valence-electron chi connectivity index (χ4n) is 4.30. The average molecular weight is 469 g/mol. The molecule has 6 nitrogen and oxygen atoms in total. The lowest BCUT2D eigenvalue weighted by molar-refractivity contribution is -0.121. The summed E-state index contributed by atoms with van der Waals surface area (Å²) in [5, 5.41) is 21.6. The van der Waals surface area contributed by atoms with Crippen LogP contribution in [0.3, 0.4) is 0 Å². The summed E-state index contributed by atoms with van der Waals surface area (Å²) in [7, 11) is 0. The number of aliphatic hydroxyl groups excluding tert-OH is 1. The molecule has 2 aromatic heterocycles. The molecule has 0 saturated carbocycles. The van der Waals surface area contributed by atoms with E-state index in [1.54, 1.807) is 6.07 Å². The standard InChI is InChI=1S/C28H40N2O4/c1-4-5-6-7-22(31)17-23(32)11-9-21-10-13-27(33)28(16-21)34-19-30-18-25-24(14-15-29-25)26(30)12-8-20(2)3/h10,13-16,18,20,22,29,31,33H,4-9,11-12,17,19H2,1-3H3/t22-/m1/s1. The Kier molecular flexibility index (Phi) is 9.63. The maximum Gasteiger partial charge on any atom is 0.165 e. The molecule has 0 radical (unpaired) electrons. The Bertz CT molecular complexity index is 1050. The first kappa shape index (κ1) is 25.9. The minimum Gasteiger partial charge on any atom is -0.504 e. The quantitative estimate of drug-likeness (QED) is 0.234. The van der Waals surface area contributed by atoms with Crippen LogP contribution in [0.15, 0.2) is 36.7 Å². The van der Waals surface area contributed by atoms with Gasteiger partial charge in [0.2, 0.25) is 0 Å². The highest BCUT2D eigenvalue weighted by atomic mass is 16.5. The number of unbranched alkanes of at least 4 members (excludes halogenated alkanes) is 2. The van der Waals surface area contributed by atoms with Crippen molar-refractivity contribution in [2.24, 2.45) is 5.92 Å². The van der Waals surface area contributed by atoms with Crippen LogP contribution in [0.1, 0.15) is 77.0 Å². The van der Waals surface area contributed by atoms with Crippen molar-refractivity contribution in [2.45, 2.75) is 91.4 Å². The zero-order chi connectivity index (χ0) is 24.5. The average Bonchev–Trinajstić information content (AvgIpc) is 3.37. The van der Waals surface area contributed by atoms with E-state index in [9.17, 15) is 15.0 Å². The molecule has 2 heterocycles. The minimum atomic E-state index is -0.546. The number of nitrogens with one attached hydrogen (secondary N) is 1. The van der Waals surface area contributed by atoms with Crippen LogP contribution < -0.4 is 4.74 Å². The number of phenolic OH excluding ortho intramolecular Hbond substituents is 1. The molecule has 0 spiro atoms. The number of aryl methyl sites for hydroxylation is 2. The van der Waals surface area contributed by atoms with Crippen molar-refractivity contribution < 1.29 is 19.7 Å². The van der Waals surface area contributed by atoms with E-state index >= 15 is 0 Å². The Morgan fingerprint density at radius 3 is 2.74 bits per heavy atom. The maximum atomic E-state index is 12.3. The van der Waals surface area contributed by atoms with Crippen LogP contribution in [0.2, 0.25) is 0 Å². The second kappa shape index (κ2) is 12.7. The van der Waals surface area contributed by atoms with Gasteiger partial charge in [0.25, 0.3) is 0 Å². The Morgan fingerprint density at radius 2 is 1.97 bits per heavy atom. The van der Waals surface area contributed by atoms with E-state index in [0.717, 1.165) is 43.2 Å². The molecule has 3 rings (SSSR count). The molecule has 0 unspecified atom stereocenters. The highest BCUT2D eigenvalue weighted by Crippen LogP contribution is 2.29. The molecule has 6 heteroatoms. The number of nitrogens with zero attached hydrogens (tertiary/aromatic N) is 1. The number of carbonyl (C=O) groups excluding carboxylic acids is 1. The van der Waals surface area contributed by atoms with Gasteiger partial charge in [0, 0.05) is 36.3 Å². The summed E-state index contributed by atoms with van der Waals surface area (Å²) in [6.07, 6.45) is 10.5. The lowest BCUT2D eigenvalue weighted by Gasteiger charge is -2.14. The molecule has 0 aliphatic carbocycles. The summed E-state index contributed by atoms with van der Waals surface area (Å²) in [4.78, 5) is 15.5. The smallest absolute Gasteiger partial charge is 0.165 e. The van der Waals surface area contributed by atoms with E-state index in [-0.39, 0.29) is 18.0 Å². The third kappa shape index (κ3) is 7.39. The fraction of sp³-hybridized carbons (Fsp3) is 0.536. The number of Topliss-reactive ketones (excluding diaryl/α,β-unsaturated/α-hetero) is 1. The van der Waals surface area contributed by atoms with Crippen LogP contribution in [0, 0.1) is 5.92 Å².